The third kappa shape index (κ3) is 4.56. The Labute approximate surface area is 115 Å². The first-order chi connectivity index (χ1) is 9.12. The number of rotatable bonds is 7. The minimum absolute atomic E-state index is 0.0604. The second-order valence-corrected chi connectivity index (χ2v) is 4.45. The summed E-state index contributed by atoms with van der Waals surface area (Å²) in [6, 6.07) is 5.57. The van der Waals surface area contributed by atoms with Crippen molar-refractivity contribution in [3.63, 3.8) is 0 Å². The molecular formula is C15H23NO3. The van der Waals surface area contributed by atoms with E-state index in [2.05, 4.69) is 5.32 Å². The maximum absolute atomic E-state index is 12.0. The van der Waals surface area contributed by atoms with Gasteiger partial charge in [-0.25, -0.2) is 0 Å². The number of nitrogens with one attached hydrogen (secondary N) is 1. The smallest absolute Gasteiger partial charge is 0.251 e. The standard InChI is InChI=1S/C15H23NO3/c1-5-11(3)16-15(17)12-7-8-14(18-4)13(9-12)10-19-6-2/h7-9,11H,5-6,10H2,1-4H3,(H,16,17)/t11-/m1/s1. The lowest BCUT2D eigenvalue weighted by Crippen LogP contribution is -2.31. The van der Waals surface area contributed by atoms with Gasteiger partial charge < -0.3 is 14.8 Å². The molecule has 0 bridgehead atoms. The van der Waals surface area contributed by atoms with E-state index in [1.165, 1.54) is 0 Å². The van der Waals surface area contributed by atoms with E-state index in [-0.39, 0.29) is 11.9 Å². The quantitative estimate of drug-likeness (QED) is 0.824. The Morgan fingerprint density at radius 2 is 2.11 bits per heavy atom. The summed E-state index contributed by atoms with van der Waals surface area (Å²) in [5.74, 6) is 0.684. The molecule has 1 aromatic carbocycles. The zero-order chi connectivity index (χ0) is 14.3. The molecule has 1 amide bonds. The number of hydrogen-bond acceptors (Lipinski definition) is 3. The molecule has 0 spiro atoms. The van der Waals surface area contributed by atoms with Gasteiger partial charge in [-0.1, -0.05) is 6.92 Å². The highest BCUT2D eigenvalue weighted by molar-refractivity contribution is 5.94. The molecular weight excluding hydrogens is 242 g/mol. The van der Waals surface area contributed by atoms with E-state index in [1.54, 1.807) is 19.2 Å². The van der Waals surface area contributed by atoms with Gasteiger partial charge in [0.1, 0.15) is 5.75 Å². The summed E-state index contributed by atoms with van der Waals surface area (Å²) < 4.78 is 10.7. The van der Waals surface area contributed by atoms with Crippen molar-refractivity contribution in [2.45, 2.75) is 39.8 Å². The fraction of sp³-hybridized carbons (Fsp3) is 0.533. The van der Waals surface area contributed by atoms with E-state index in [9.17, 15) is 4.79 Å². The van der Waals surface area contributed by atoms with Gasteiger partial charge in [0.25, 0.3) is 5.91 Å². The molecule has 0 saturated carbocycles. The van der Waals surface area contributed by atoms with Gasteiger partial charge in [0.05, 0.1) is 13.7 Å². The lowest BCUT2D eigenvalue weighted by atomic mass is 10.1. The third-order valence-electron chi connectivity index (χ3n) is 2.99. The van der Waals surface area contributed by atoms with Crippen LogP contribution in [0.25, 0.3) is 0 Å². The summed E-state index contributed by atoms with van der Waals surface area (Å²) in [5.41, 5.74) is 1.52. The van der Waals surface area contributed by atoms with E-state index in [0.717, 1.165) is 17.7 Å². The van der Waals surface area contributed by atoms with Crippen molar-refractivity contribution in [2.24, 2.45) is 0 Å². The van der Waals surface area contributed by atoms with Gasteiger partial charge in [-0.05, 0) is 38.5 Å². The van der Waals surface area contributed by atoms with E-state index < -0.39 is 0 Å². The molecule has 1 atom stereocenters. The fourth-order valence-corrected chi connectivity index (χ4v) is 1.65. The van der Waals surface area contributed by atoms with Crippen LogP contribution in [0.1, 0.15) is 43.1 Å². The van der Waals surface area contributed by atoms with Crippen molar-refractivity contribution in [1.29, 1.82) is 0 Å². The summed E-state index contributed by atoms with van der Waals surface area (Å²) in [5, 5.41) is 2.95. The normalized spacial score (nSPS) is 12.0. The Bertz CT molecular complexity index is 418. The maximum Gasteiger partial charge on any atom is 0.251 e. The van der Waals surface area contributed by atoms with Gasteiger partial charge in [0, 0.05) is 23.8 Å². The molecule has 0 aliphatic carbocycles. The minimum Gasteiger partial charge on any atom is -0.496 e. The molecule has 4 heteroatoms. The van der Waals surface area contributed by atoms with Crippen LogP contribution in [0.3, 0.4) is 0 Å². The first-order valence-electron chi connectivity index (χ1n) is 6.67. The number of ether oxygens (including phenoxy) is 2. The Kier molecular flexibility index (Phi) is 6.36. The molecule has 4 nitrogen and oxygen atoms in total. The Hall–Kier alpha value is -1.55. The molecule has 106 valence electrons. The molecule has 0 unspecified atom stereocenters. The van der Waals surface area contributed by atoms with Crippen LogP contribution in [0.2, 0.25) is 0 Å². The SMILES string of the molecule is CCOCc1cc(C(=O)N[C@H](C)CC)ccc1OC. The summed E-state index contributed by atoms with van der Waals surface area (Å²) >= 11 is 0. The molecule has 0 aliphatic rings. The largest absolute Gasteiger partial charge is 0.496 e. The third-order valence-corrected chi connectivity index (χ3v) is 2.99. The number of carbonyl (C=O) groups excluding carboxylic acids is 1. The Morgan fingerprint density at radius 1 is 1.37 bits per heavy atom. The molecule has 1 rings (SSSR count). The van der Waals surface area contributed by atoms with Crippen LogP contribution in [-0.2, 0) is 11.3 Å². The number of carbonyl (C=O) groups is 1. The van der Waals surface area contributed by atoms with E-state index >= 15 is 0 Å². The first kappa shape index (κ1) is 15.5. The second kappa shape index (κ2) is 7.79. The van der Waals surface area contributed by atoms with Gasteiger partial charge in [-0.15, -0.1) is 0 Å². The Balaban J connectivity index is 2.87. The van der Waals surface area contributed by atoms with E-state index in [4.69, 9.17) is 9.47 Å². The van der Waals surface area contributed by atoms with Crippen LogP contribution in [0.5, 0.6) is 5.75 Å². The van der Waals surface area contributed by atoms with Crippen LogP contribution in [0.15, 0.2) is 18.2 Å². The zero-order valence-corrected chi connectivity index (χ0v) is 12.2. The van der Waals surface area contributed by atoms with Crippen molar-refractivity contribution in [3.8, 4) is 5.75 Å². The van der Waals surface area contributed by atoms with Gasteiger partial charge in [-0.2, -0.15) is 0 Å². The average Bonchev–Trinajstić information content (AvgIpc) is 2.44. The van der Waals surface area contributed by atoms with E-state index in [1.807, 2.05) is 26.8 Å². The summed E-state index contributed by atoms with van der Waals surface area (Å²) in [6.45, 7) is 7.05. The lowest BCUT2D eigenvalue weighted by molar-refractivity contribution is 0.0938. The van der Waals surface area contributed by atoms with Crippen LogP contribution >= 0.6 is 0 Å². The predicted octanol–water partition coefficient (Wildman–Crippen LogP) is 2.76. The number of amides is 1. The average molecular weight is 265 g/mol. The van der Waals surface area contributed by atoms with Crippen molar-refractivity contribution in [1.82, 2.24) is 5.32 Å². The monoisotopic (exact) mass is 265 g/mol. The molecule has 0 aliphatic heterocycles. The van der Waals surface area contributed by atoms with Gasteiger partial charge in [0.2, 0.25) is 0 Å². The van der Waals surface area contributed by atoms with Crippen molar-refractivity contribution in [3.05, 3.63) is 29.3 Å². The highest BCUT2D eigenvalue weighted by atomic mass is 16.5. The number of benzene rings is 1. The molecule has 0 radical (unpaired) electrons. The van der Waals surface area contributed by atoms with Crippen molar-refractivity contribution >= 4 is 5.91 Å². The summed E-state index contributed by atoms with van der Waals surface area (Å²) in [6.07, 6.45) is 0.910. The van der Waals surface area contributed by atoms with Crippen LogP contribution < -0.4 is 10.1 Å². The van der Waals surface area contributed by atoms with Crippen LogP contribution in [-0.4, -0.2) is 25.7 Å². The predicted molar refractivity (Wildman–Crippen MR) is 75.5 cm³/mol. The highest BCUT2D eigenvalue weighted by Gasteiger charge is 2.11. The molecule has 0 fully saturated rings. The highest BCUT2D eigenvalue weighted by Crippen LogP contribution is 2.21. The maximum atomic E-state index is 12.0. The summed E-state index contributed by atoms with van der Waals surface area (Å²) in [7, 11) is 1.61. The molecule has 1 aromatic rings. The van der Waals surface area contributed by atoms with Gasteiger partial charge in [-0.3, -0.25) is 4.79 Å². The van der Waals surface area contributed by atoms with Crippen molar-refractivity contribution < 1.29 is 14.3 Å². The lowest BCUT2D eigenvalue weighted by Gasteiger charge is -2.13. The Morgan fingerprint density at radius 3 is 2.68 bits per heavy atom. The summed E-state index contributed by atoms with van der Waals surface area (Å²) in [4.78, 5) is 12.0. The fourth-order valence-electron chi connectivity index (χ4n) is 1.65. The molecule has 1 N–H and O–H groups in total. The topological polar surface area (TPSA) is 47.6 Å². The van der Waals surface area contributed by atoms with Gasteiger partial charge in [0.15, 0.2) is 0 Å². The molecule has 0 aromatic heterocycles. The first-order valence-corrected chi connectivity index (χ1v) is 6.67. The van der Waals surface area contributed by atoms with Crippen LogP contribution in [0, 0.1) is 0 Å². The number of hydrogen-bond donors (Lipinski definition) is 1. The molecule has 0 saturated heterocycles. The zero-order valence-electron chi connectivity index (χ0n) is 12.2. The number of methoxy groups -OCH3 is 1. The second-order valence-electron chi connectivity index (χ2n) is 4.45. The molecule has 19 heavy (non-hydrogen) atoms. The molecule has 0 heterocycles. The minimum atomic E-state index is -0.0604. The van der Waals surface area contributed by atoms with E-state index in [0.29, 0.717) is 18.8 Å². The van der Waals surface area contributed by atoms with Gasteiger partial charge >= 0.3 is 0 Å². The van der Waals surface area contributed by atoms with Crippen LogP contribution in [0.4, 0.5) is 0 Å². The van der Waals surface area contributed by atoms with Crippen molar-refractivity contribution in [2.75, 3.05) is 13.7 Å².